The average Bonchev–Trinajstić information content (AvgIpc) is 3.32. The molecule has 1 aromatic carbocycles. The highest BCUT2D eigenvalue weighted by molar-refractivity contribution is 7.91. The molecule has 11 heteroatoms. The van der Waals surface area contributed by atoms with Crippen molar-refractivity contribution < 1.29 is 13.2 Å². The van der Waals surface area contributed by atoms with E-state index in [0.717, 1.165) is 40.3 Å². The van der Waals surface area contributed by atoms with Crippen LogP contribution in [0, 0.1) is 0 Å². The molecule has 7 nitrogen and oxygen atoms in total. The second kappa shape index (κ2) is 8.09. The number of fused-ring (bicyclic) bond motifs is 2. The molecule has 0 bridgehead atoms. The Morgan fingerprint density at radius 2 is 1.97 bits per heavy atom. The Morgan fingerprint density at radius 3 is 2.77 bits per heavy atom. The highest BCUT2D eigenvalue weighted by atomic mass is 35.5. The summed E-state index contributed by atoms with van der Waals surface area (Å²) in [6.07, 6.45) is 0.990. The lowest BCUT2D eigenvalue weighted by Gasteiger charge is -2.32. The van der Waals surface area contributed by atoms with E-state index in [-0.39, 0.29) is 23.2 Å². The van der Waals surface area contributed by atoms with Crippen LogP contribution in [0.25, 0.3) is 10.1 Å². The van der Waals surface area contributed by atoms with Crippen molar-refractivity contribution in [1.29, 1.82) is 0 Å². The maximum absolute atomic E-state index is 13.1. The van der Waals surface area contributed by atoms with Crippen LogP contribution < -0.4 is 0 Å². The molecule has 0 saturated carbocycles. The molecule has 0 radical (unpaired) electrons. The van der Waals surface area contributed by atoms with Crippen molar-refractivity contribution in [2.24, 2.45) is 0 Å². The van der Waals surface area contributed by atoms with Gasteiger partial charge in [0.1, 0.15) is 9.22 Å². The number of amides is 1. The number of aromatic nitrogens is 1. The fourth-order valence-electron chi connectivity index (χ4n) is 3.91. The third-order valence-electron chi connectivity index (χ3n) is 5.63. The van der Waals surface area contributed by atoms with Crippen LogP contribution in [0.1, 0.15) is 15.6 Å². The van der Waals surface area contributed by atoms with E-state index < -0.39 is 10.0 Å². The molecular weight excluding hydrogens is 476 g/mol. The fraction of sp³-hybridized carbons (Fsp3) is 0.400. The van der Waals surface area contributed by atoms with Gasteiger partial charge in [-0.15, -0.1) is 22.7 Å². The third kappa shape index (κ3) is 4.12. The molecule has 2 aliphatic heterocycles. The lowest BCUT2D eigenvalue weighted by Crippen LogP contribution is -2.51. The number of halogens is 1. The first kappa shape index (κ1) is 21.3. The largest absolute Gasteiger partial charge is 0.333 e. The van der Waals surface area contributed by atoms with E-state index in [1.165, 1.54) is 20.5 Å². The number of benzene rings is 1. The first-order valence-corrected chi connectivity index (χ1v) is 13.4. The summed E-state index contributed by atoms with van der Waals surface area (Å²) in [7, 11) is -1.65. The molecule has 2 aromatic heterocycles. The molecule has 0 unspecified atom stereocenters. The SMILES string of the molecule is CN1CCc2sc(CN3CCN(S(=O)(=O)c4cc5ccc(Cl)cc5s4)CC3=O)nc2C1. The molecule has 2 aliphatic rings. The number of rotatable bonds is 4. The molecule has 0 atom stereocenters. The minimum atomic E-state index is -3.73. The maximum atomic E-state index is 13.1. The van der Waals surface area contributed by atoms with Crippen LogP contribution in [0.4, 0.5) is 0 Å². The number of likely N-dealkylation sites (N-methyl/N-ethyl adjacent to an activating group) is 1. The molecule has 1 fully saturated rings. The number of hydrogen-bond donors (Lipinski definition) is 0. The lowest BCUT2D eigenvalue weighted by atomic mass is 10.2. The molecule has 1 amide bonds. The molecule has 4 heterocycles. The number of nitrogens with zero attached hydrogens (tertiary/aromatic N) is 4. The van der Waals surface area contributed by atoms with Crippen molar-refractivity contribution in [3.05, 3.63) is 44.9 Å². The van der Waals surface area contributed by atoms with E-state index in [9.17, 15) is 13.2 Å². The van der Waals surface area contributed by atoms with Crippen molar-refractivity contribution >= 4 is 60.3 Å². The van der Waals surface area contributed by atoms with Crippen LogP contribution in [-0.4, -0.2) is 66.6 Å². The number of piperazine rings is 1. The number of thiazole rings is 1. The number of sulfonamides is 1. The molecule has 164 valence electrons. The van der Waals surface area contributed by atoms with Gasteiger partial charge in [0.25, 0.3) is 10.0 Å². The van der Waals surface area contributed by atoms with Gasteiger partial charge >= 0.3 is 0 Å². The number of hydrogen-bond acceptors (Lipinski definition) is 7. The summed E-state index contributed by atoms with van der Waals surface area (Å²) in [6.45, 7) is 2.79. The van der Waals surface area contributed by atoms with Crippen LogP contribution in [0.2, 0.25) is 5.02 Å². The van der Waals surface area contributed by atoms with E-state index >= 15 is 0 Å². The third-order valence-corrected chi connectivity index (χ3v) is 10.4. The standard InChI is InChI=1S/C20H21ClN4O3S3/c1-23-5-4-16-15(10-23)22-18(29-16)11-24-6-7-25(12-19(24)26)31(27,28)20-8-13-2-3-14(21)9-17(13)30-20/h2-3,8-9H,4-7,10-12H2,1H3. The Morgan fingerprint density at radius 1 is 1.13 bits per heavy atom. The minimum absolute atomic E-state index is 0.148. The summed E-state index contributed by atoms with van der Waals surface area (Å²) < 4.78 is 28.6. The second-order valence-electron chi connectivity index (χ2n) is 7.87. The highest BCUT2D eigenvalue weighted by Crippen LogP contribution is 2.33. The monoisotopic (exact) mass is 496 g/mol. The summed E-state index contributed by atoms with van der Waals surface area (Å²) in [5.74, 6) is -0.190. The quantitative estimate of drug-likeness (QED) is 0.555. The summed E-state index contributed by atoms with van der Waals surface area (Å²) >= 11 is 8.87. The molecule has 1 saturated heterocycles. The normalized spacial score (nSPS) is 18.6. The average molecular weight is 497 g/mol. The Labute approximate surface area is 193 Å². The molecule has 0 spiro atoms. The number of carbonyl (C=O) groups excluding carboxylic acids is 1. The van der Waals surface area contributed by atoms with Gasteiger partial charge in [-0.3, -0.25) is 4.79 Å². The van der Waals surface area contributed by atoms with Gasteiger partial charge in [-0.2, -0.15) is 4.31 Å². The van der Waals surface area contributed by atoms with Gasteiger partial charge in [-0.25, -0.2) is 13.4 Å². The van der Waals surface area contributed by atoms with Crippen LogP contribution in [-0.2, 0) is 34.3 Å². The van der Waals surface area contributed by atoms with E-state index in [2.05, 4.69) is 11.9 Å². The molecule has 3 aromatic rings. The van der Waals surface area contributed by atoms with Gasteiger partial charge in [0.2, 0.25) is 5.91 Å². The highest BCUT2D eigenvalue weighted by Gasteiger charge is 2.34. The van der Waals surface area contributed by atoms with Gasteiger partial charge in [0, 0.05) is 40.8 Å². The Bertz CT molecular complexity index is 1270. The van der Waals surface area contributed by atoms with E-state index in [0.29, 0.717) is 18.1 Å². The van der Waals surface area contributed by atoms with Gasteiger partial charge in [-0.1, -0.05) is 17.7 Å². The summed E-state index contributed by atoms with van der Waals surface area (Å²) in [5.41, 5.74) is 1.10. The van der Waals surface area contributed by atoms with Gasteiger partial charge in [0.15, 0.2) is 0 Å². The van der Waals surface area contributed by atoms with Crippen LogP contribution in [0.5, 0.6) is 0 Å². The van der Waals surface area contributed by atoms with Crippen LogP contribution in [0.3, 0.4) is 0 Å². The van der Waals surface area contributed by atoms with Gasteiger partial charge in [0.05, 0.1) is 18.8 Å². The van der Waals surface area contributed by atoms with Gasteiger partial charge < -0.3 is 9.80 Å². The lowest BCUT2D eigenvalue weighted by molar-refractivity contribution is -0.134. The summed E-state index contributed by atoms with van der Waals surface area (Å²) in [5, 5.41) is 2.32. The zero-order chi connectivity index (χ0) is 21.8. The van der Waals surface area contributed by atoms with Crippen molar-refractivity contribution in [3.63, 3.8) is 0 Å². The predicted molar refractivity (Wildman–Crippen MR) is 123 cm³/mol. The predicted octanol–water partition coefficient (Wildman–Crippen LogP) is 3.03. The number of thiophene rings is 1. The summed E-state index contributed by atoms with van der Waals surface area (Å²) in [4.78, 5) is 22.7. The van der Waals surface area contributed by atoms with Crippen molar-refractivity contribution in [1.82, 2.24) is 19.1 Å². The first-order chi connectivity index (χ1) is 14.8. The molecule has 5 rings (SSSR count). The van der Waals surface area contributed by atoms with Crippen LogP contribution in [0.15, 0.2) is 28.5 Å². The molecule has 31 heavy (non-hydrogen) atoms. The number of carbonyl (C=O) groups is 1. The van der Waals surface area contributed by atoms with E-state index in [1.807, 2.05) is 6.07 Å². The Kier molecular flexibility index (Phi) is 5.56. The minimum Gasteiger partial charge on any atom is -0.333 e. The van der Waals surface area contributed by atoms with E-state index in [1.54, 1.807) is 34.4 Å². The Hall–Kier alpha value is -1.56. The topological polar surface area (TPSA) is 73.8 Å². The summed E-state index contributed by atoms with van der Waals surface area (Å²) in [6, 6.07) is 6.96. The van der Waals surface area contributed by atoms with E-state index in [4.69, 9.17) is 16.6 Å². The zero-order valence-corrected chi connectivity index (χ0v) is 20.1. The van der Waals surface area contributed by atoms with Crippen LogP contribution >= 0.6 is 34.3 Å². The first-order valence-electron chi connectivity index (χ1n) is 9.92. The smallest absolute Gasteiger partial charge is 0.253 e. The van der Waals surface area contributed by atoms with Crippen molar-refractivity contribution in [2.45, 2.75) is 23.7 Å². The van der Waals surface area contributed by atoms with Gasteiger partial charge in [-0.05, 0) is 37.1 Å². The molecule has 0 aliphatic carbocycles. The fourth-order valence-corrected chi connectivity index (χ4v) is 8.20. The van der Waals surface area contributed by atoms with Crippen molar-refractivity contribution in [2.75, 3.05) is 33.2 Å². The molecular formula is C20H21ClN4O3S3. The second-order valence-corrected chi connectivity index (χ2v) is 12.7. The van der Waals surface area contributed by atoms with Crippen molar-refractivity contribution in [3.8, 4) is 0 Å². The zero-order valence-electron chi connectivity index (χ0n) is 16.9. The molecule has 0 N–H and O–H groups in total. The maximum Gasteiger partial charge on any atom is 0.253 e. The Balaban J connectivity index is 1.29.